The molecule has 3 N–H and O–H groups in total. The van der Waals surface area contributed by atoms with Crippen molar-refractivity contribution in [3.63, 3.8) is 0 Å². The van der Waals surface area contributed by atoms with Gasteiger partial charge in [0.15, 0.2) is 0 Å². The topological polar surface area (TPSA) is 46.2 Å². The smallest absolute Gasteiger partial charge is 0.0943 e. The van der Waals surface area contributed by atoms with Crippen molar-refractivity contribution in [3.8, 4) is 0 Å². The standard InChI is InChI=1S/C12H17NOS/c1-15-9-5-6-10-8(7-9)3-2-4-11(13)12(10)14/h5-7,11-12,14H,2-4,13H2,1H3. The van der Waals surface area contributed by atoms with E-state index in [9.17, 15) is 5.11 Å². The Bertz CT molecular complexity index is 353. The number of hydrogen-bond donors (Lipinski definition) is 2. The van der Waals surface area contributed by atoms with Crippen LogP contribution in [0.3, 0.4) is 0 Å². The van der Waals surface area contributed by atoms with Gasteiger partial charge in [0.2, 0.25) is 0 Å². The second-order valence-electron chi connectivity index (χ2n) is 4.07. The molecule has 1 aromatic rings. The lowest BCUT2D eigenvalue weighted by molar-refractivity contribution is 0.144. The quantitative estimate of drug-likeness (QED) is 0.566. The molecule has 0 spiro atoms. The van der Waals surface area contributed by atoms with E-state index >= 15 is 0 Å². The fourth-order valence-electron chi connectivity index (χ4n) is 2.13. The fraction of sp³-hybridized carbons (Fsp3) is 0.500. The molecule has 0 saturated heterocycles. The van der Waals surface area contributed by atoms with Crippen molar-refractivity contribution in [2.45, 2.75) is 36.3 Å². The molecule has 2 atom stereocenters. The summed E-state index contributed by atoms with van der Waals surface area (Å²) in [5.41, 5.74) is 8.20. The largest absolute Gasteiger partial charge is 0.387 e. The molecule has 0 amide bonds. The van der Waals surface area contributed by atoms with Crippen molar-refractivity contribution in [1.82, 2.24) is 0 Å². The summed E-state index contributed by atoms with van der Waals surface area (Å²) >= 11 is 1.74. The van der Waals surface area contributed by atoms with Gasteiger partial charge < -0.3 is 10.8 Å². The van der Waals surface area contributed by atoms with Crippen LogP contribution < -0.4 is 5.73 Å². The highest BCUT2D eigenvalue weighted by molar-refractivity contribution is 7.98. The van der Waals surface area contributed by atoms with E-state index in [1.807, 2.05) is 6.07 Å². The summed E-state index contributed by atoms with van der Waals surface area (Å²) in [5, 5.41) is 10.0. The third kappa shape index (κ3) is 2.19. The molecule has 82 valence electrons. The Balaban J connectivity index is 2.39. The van der Waals surface area contributed by atoms with Gasteiger partial charge in [-0.25, -0.2) is 0 Å². The minimum absolute atomic E-state index is 0.105. The molecule has 3 heteroatoms. The highest BCUT2D eigenvalue weighted by atomic mass is 32.2. The van der Waals surface area contributed by atoms with Crippen LogP contribution in [-0.4, -0.2) is 17.4 Å². The van der Waals surface area contributed by atoms with Crippen molar-refractivity contribution in [3.05, 3.63) is 29.3 Å². The number of fused-ring (bicyclic) bond motifs is 1. The van der Waals surface area contributed by atoms with Gasteiger partial charge in [0.05, 0.1) is 6.10 Å². The number of rotatable bonds is 1. The van der Waals surface area contributed by atoms with Gasteiger partial charge in [0, 0.05) is 10.9 Å². The maximum absolute atomic E-state index is 10.0. The van der Waals surface area contributed by atoms with E-state index in [1.165, 1.54) is 10.5 Å². The molecule has 0 saturated carbocycles. The van der Waals surface area contributed by atoms with Crippen molar-refractivity contribution < 1.29 is 5.11 Å². The first-order chi connectivity index (χ1) is 7.22. The van der Waals surface area contributed by atoms with Gasteiger partial charge in [-0.1, -0.05) is 6.07 Å². The van der Waals surface area contributed by atoms with Crippen molar-refractivity contribution in [1.29, 1.82) is 0 Å². The van der Waals surface area contributed by atoms with Gasteiger partial charge in [-0.05, 0) is 48.8 Å². The molecule has 1 aromatic carbocycles. The van der Waals surface area contributed by atoms with E-state index in [4.69, 9.17) is 5.73 Å². The highest BCUT2D eigenvalue weighted by Crippen LogP contribution is 2.30. The molecule has 0 radical (unpaired) electrons. The summed E-state index contributed by atoms with van der Waals surface area (Å²) in [6.45, 7) is 0. The van der Waals surface area contributed by atoms with Gasteiger partial charge >= 0.3 is 0 Å². The van der Waals surface area contributed by atoms with E-state index in [0.717, 1.165) is 24.8 Å². The first kappa shape index (κ1) is 11.0. The lowest BCUT2D eigenvalue weighted by Crippen LogP contribution is -2.27. The first-order valence-corrected chi connectivity index (χ1v) is 6.55. The second kappa shape index (κ2) is 4.56. The lowest BCUT2D eigenvalue weighted by atomic mass is 9.99. The van der Waals surface area contributed by atoms with Crippen LogP contribution in [0.5, 0.6) is 0 Å². The lowest BCUT2D eigenvalue weighted by Gasteiger charge is -2.17. The average molecular weight is 223 g/mol. The molecule has 0 aliphatic heterocycles. The van der Waals surface area contributed by atoms with Crippen LogP contribution in [0, 0.1) is 0 Å². The molecule has 0 aromatic heterocycles. The molecule has 15 heavy (non-hydrogen) atoms. The van der Waals surface area contributed by atoms with Crippen LogP contribution in [0.4, 0.5) is 0 Å². The predicted molar refractivity (Wildman–Crippen MR) is 64.1 cm³/mol. The molecule has 2 unspecified atom stereocenters. The number of benzene rings is 1. The summed E-state index contributed by atoms with van der Waals surface area (Å²) in [7, 11) is 0. The van der Waals surface area contributed by atoms with Gasteiger partial charge in [-0.15, -0.1) is 11.8 Å². The zero-order valence-corrected chi connectivity index (χ0v) is 9.76. The van der Waals surface area contributed by atoms with Crippen LogP contribution in [0.1, 0.15) is 30.1 Å². The van der Waals surface area contributed by atoms with E-state index < -0.39 is 6.10 Å². The van der Waals surface area contributed by atoms with Crippen LogP contribution in [0.25, 0.3) is 0 Å². The van der Waals surface area contributed by atoms with Crippen molar-refractivity contribution >= 4 is 11.8 Å². The maximum atomic E-state index is 10.0. The minimum Gasteiger partial charge on any atom is -0.387 e. The van der Waals surface area contributed by atoms with Gasteiger partial charge in [-0.3, -0.25) is 0 Å². The first-order valence-electron chi connectivity index (χ1n) is 5.33. The fourth-order valence-corrected chi connectivity index (χ4v) is 2.60. The Morgan fingerprint density at radius 3 is 3.00 bits per heavy atom. The van der Waals surface area contributed by atoms with Crippen LogP contribution in [-0.2, 0) is 6.42 Å². The normalized spacial score (nSPS) is 25.8. The van der Waals surface area contributed by atoms with E-state index in [0.29, 0.717) is 0 Å². The van der Waals surface area contributed by atoms with Gasteiger partial charge in [0.1, 0.15) is 0 Å². The molecule has 2 rings (SSSR count). The number of aliphatic hydroxyl groups excluding tert-OH is 1. The van der Waals surface area contributed by atoms with E-state index in [-0.39, 0.29) is 6.04 Å². The number of nitrogens with two attached hydrogens (primary N) is 1. The molecular formula is C12H17NOS. The van der Waals surface area contributed by atoms with E-state index in [1.54, 1.807) is 11.8 Å². The third-order valence-electron chi connectivity index (χ3n) is 3.06. The summed E-state index contributed by atoms with van der Waals surface area (Å²) in [4.78, 5) is 1.26. The highest BCUT2D eigenvalue weighted by Gasteiger charge is 2.22. The molecule has 0 heterocycles. The van der Waals surface area contributed by atoms with Gasteiger partial charge in [0.25, 0.3) is 0 Å². The van der Waals surface area contributed by atoms with Crippen LogP contribution in [0.15, 0.2) is 23.1 Å². The number of thioether (sulfide) groups is 1. The zero-order chi connectivity index (χ0) is 10.8. The van der Waals surface area contributed by atoms with Crippen LogP contribution in [0.2, 0.25) is 0 Å². The Morgan fingerprint density at radius 2 is 2.27 bits per heavy atom. The maximum Gasteiger partial charge on any atom is 0.0943 e. The molecule has 0 fully saturated rings. The minimum atomic E-state index is -0.488. The van der Waals surface area contributed by atoms with Crippen molar-refractivity contribution in [2.24, 2.45) is 5.73 Å². The summed E-state index contributed by atoms with van der Waals surface area (Å²) in [5.74, 6) is 0. The van der Waals surface area contributed by atoms with Crippen molar-refractivity contribution in [2.75, 3.05) is 6.26 Å². The Hall–Kier alpha value is -0.510. The molecule has 1 aliphatic rings. The molecule has 1 aliphatic carbocycles. The Kier molecular flexibility index (Phi) is 3.34. The number of hydrogen-bond acceptors (Lipinski definition) is 3. The number of aryl methyl sites for hydroxylation is 1. The predicted octanol–water partition coefficient (Wildman–Crippen LogP) is 2.11. The molecule has 2 nitrogen and oxygen atoms in total. The second-order valence-corrected chi connectivity index (χ2v) is 4.95. The summed E-state index contributed by atoms with van der Waals surface area (Å²) in [6.07, 6.45) is 4.60. The number of aliphatic hydroxyl groups is 1. The molecular weight excluding hydrogens is 206 g/mol. The SMILES string of the molecule is CSc1ccc2c(c1)CCCC(N)C2O. The third-order valence-corrected chi connectivity index (χ3v) is 3.78. The Labute approximate surface area is 94.9 Å². The zero-order valence-electron chi connectivity index (χ0n) is 8.94. The van der Waals surface area contributed by atoms with Gasteiger partial charge in [-0.2, -0.15) is 0 Å². The van der Waals surface area contributed by atoms with E-state index in [2.05, 4.69) is 18.4 Å². The monoisotopic (exact) mass is 223 g/mol. The molecule has 0 bridgehead atoms. The summed E-state index contributed by atoms with van der Waals surface area (Å²) < 4.78 is 0. The summed E-state index contributed by atoms with van der Waals surface area (Å²) in [6, 6.07) is 6.16. The Morgan fingerprint density at radius 1 is 1.47 bits per heavy atom. The van der Waals surface area contributed by atoms with Crippen LogP contribution >= 0.6 is 11.8 Å². The average Bonchev–Trinajstić information content (AvgIpc) is 2.40.